The zero-order chi connectivity index (χ0) is 20.8. The van der Waals surface area contributed by atoms with E-state index in [1.807, 2.05) is 6.07 Å². The number of aryl methyl sites for hydroxylation is 1. The van der Waals surface area contributed by atoms with Gasteiger partial charge in [0.2, 0.25) is 0 Å². The van der Waals surface area contributed by atoms with Gasteiger partial charge in [-0.05, 0) is 53.4 Å². The van der Waals surface area contributed by atoms with Crippen molar-refractivity contribution in [2.45, 2.75) is 33.1 Å². The van der Waals surface area contributed by atoms with Crippen LogP contribution in [0.1, 0.15) is 27.9 Å². The van der Waals surface area contributed by atoms with Gasteiger partial charge < -0.3 is 4.57 Å². The van der Waals surface area contributed by atoms with Gasteiger partial charge in [0, 0.05) is 38.1 Å². The lowest BCUT2D eigenvalue weighted by atomic mass is 10.1. The Morgan fingerprint density at radius 3 is 2.30 bits per heavy atom. The van der Waals surface area contributed by atoms with Gasteiger partial charge in [0.05, 0.1) is 0 Å². The van der Waals surface area contributed by atoms with Crippen molar-refractivity contribution < 1.29 is 4.39 Å². The van der Waals surface area contributed by atoms with E-state index in [9.17, 15) is 4.39 Å². The molecule has 0 saturated carbocycles. The van der Waals surface area contributed by atoms with Crippen LogP contribution in [-0.4, -0.2) is 9.47 Å². The van der Waals surface area contributed by atoms with Crippen molar-refractivity contribution in [2.75, 3.05) is 0 Å². The maximum absolute atomic E-state index is 13.6. The molecule has 0 aliphatic heterocycles. The van der Waals surface area contributed by atoms with Crippen LogP contribution in [0.25, 0.3) is 0 Å². The first-order chi connectivity index (χ1) is 14.7. The van der Waals surface area contributed by atoms with E-state index in [-0.39, 0.29) is 5.82 Å². The molecule has 3 aromatic carbocycles. The minimum absolute atomic E-state index is 0.188. The summed E-state index contributed by atoms with van der Waals surface area (Å²) in [4.78, 5) is 2.47. The van der Waals surface area contributed by atoms with Gasteiger partial charge in [-0.2, -0.15) is 0 Å². The molecule has 1 heterocycles. The second-order valence-electron chi connectivity index (χ2n) is 7.81. The third-order valence-electron chi connectivity index (χ3n) is 5.46. The number of benzene rings is 3. The Kier molecular flexibility index (Phi) is 6.41. The van der Waals surface area contributed by atoms with E-state index in [0.717, 1.165) is 25.2 Å². The van der Waals surface area contributed by atoms with Crippen LogP contribution in [0, 0.1) is 12.7 Å². The fourth-order valence-corrected chi connectivity index (χ4v) is 3.85. The lowest BCUT2D eigenvalue weighted by Gasteiger charge is -2.24. The Hall–Kier alpha value is -3.17. The average molecular weight is 399 g/mol. The van der Waals surface area contributed by atoms with E-state index in [0.29, 0.717) is 6.54 Å². The molecule has 0 N–H and O–H groups in total. The molecular weight excluding hydrogens is 371 g/mol. The molecular formula is C27H27FN2. The van der Waals surface area contributed by atoms with E-state index >= 15 is 0 Å². The van der Waals surface area contributed by atoms with E-state index < -0.39 is 0 Å². The molecule has 0 aliphatic carbocycles. The van der Waals surface area contributed by atoms with Gasteiger partial charge in [0.15, 0.2) is 0 Å². The predicted molar refractivity (Wildman–Crippen MR) is 121 cm³/mol. The van der Waals surface area contributed by atoms with Crippen LogP contribution >= 0.6 is 0 Å². The number of hydrogen-bond donors (Lipinski definition) is 0. The van der Waals surface area contributed by atoms with Crippen molar-refractivity contribution in [1.29, 1.82) is 0 Å². The molecule has 152 valence electrons. The van der Waals surface area contributed by atoms with Crippen LogP contribution in [0.2, 0.25) is 0 Å². The van der Waals surface area contributed by atoms with Crippen LogP contribution in [-0.2, 0) is 26.2 Å². The average Bonchev–Trinajstić information content (AvgIpc) is 3.17. The normalized spacial score (nSPS) is 11.2. The highest BCUT2D eigenvalue weighted by Gasteiger charge is 2.12. The van der Waals surface area contributed by atoms with E-state index in [4.69, 9.17) is 0 Å². The first kappa shape index (κ1) is 20.1. The number of halogens is 1. The third kappa shape index (κ3) is 5.25. The highest BCUT2D eigenvalue weighted by molar-refractivity contribution is 5.26. The van der Waals surface area contributed by atoms with Crippen LogP contribution in [0.4, 0.5) is 4.39 Å². The summed E-state index contributed by atoms with van der Waals surface area (Å²) in [5, 5.41) is 0. The third-order valence-corrected chi connectivity index (χ3v) is 5.46. The fraction of sp³-hybridized carbons (Fsp3) is 0.185. The quantitative estimate of drug-likeness (QED) is 0.344. The minimum atomic E-state index is -0.188. The lowest BCUT2D eigenvalue weighted by Crippen LogP contribution is -2.24. The highest BCUT2D eigenvalue weighted by Crippen LogP contribution is 2.18. The lowest BCUT2D eigenvalue weighted by molar-refractivity contribution is 0.241. The maximum atomic E-state index is 13.6. The summed E-state index contributed by atoms with van der Waals surface area (Å²) in [6.07, 6.45) is 2.08. The molecule has 3 heteroatoms. The number of hydrogen-bond acceptors (Lipinski definition) is 1. The molecule has 2 nitrogen and oxygen atoms in total. The number of rotatable bonds is 8. The van der Waals surface area contributed by atoms with Crippen molar-refractivity contribution in [2.24, 2.45) is 0 Å². The molecule has 0 bridgehead atoms. The number of aromatic nitrogens is 1. The molecule has 0 saturated heterocycles. The van der Waals surface area contributed by atoms with Crippen molar-refractivity contribution >= 4 is 0 Å². The zero-order valence-corrected chi connectivity index (χ0v) is 17.3. The Morgan fingerprint density at radius 1 is 0.733 bits per heavy atom. The Morgan fingerprint density at radius 2 is 1.50 bits per heavy atom. The van der Waals surface area contributed by atoms with Gasteiger partial charge in [-0.1, -0.05) is 66.7 Å². The molecule has 0 amide bonds. The standard InChI is InChI=1S/C27H27FN2/c1-22-9-5-6-13-25(22)20-29(18-23-10-3-2-4-11-23)21-27-15-8-16-30(27)19-24-12-7-14-26(28)17-24/h2-17H,18-21H2,1H3. The van der Waals surface area contributed by atoms with Crippen molar-refractivity contribution in [1.82, 2.24) is 9.47 Å². The fourth-order valence-electron chi connectivity index (χ4n) is 3.85. The van der Waals surface area contributed by atoms with Crippen LogP contribution in [0.3, 0.4) is 0 Å². The summed E-state index contributed by atoms with van der Waals surface area (Å²) in [5.74, 6) is -0.188. The van der Waals surface area contributed by atoms with Crippen LogP contribution in [0.5, 0.6) is 0 Å². The SMILES string of the molecule is Cc1ccccc1CN(Cc1ccccc1)Cc1cccn1Cc1cccc(F)c1. The molecule has 0 atom stereocenters. The summed E-state index contributed by atoms with van der Waals surface area (Å²) in [7, 11) is 0. The predicted octanol–water partition coefficient (Wildman–Crippen LogP) is 6.19. The Balaban J connectivity index is 1.56. The summed E-state index contributed by atoms with van der Waals surface area (Å²) < 4.78 is 15.8. The van der Waals surface area contributed by atoms with Gasteiger partial charge in [-0.15, -0.1) is 0 Å². The Labute approximate surface area is 178 Å². The maximum Gasteiger partial charge on any atom is 0.123 e. The van der Waals surface area contributed by atoms with Gasteiger partial charge in [0.1, 0.15) is 5.82 Å². The summed E-state index contributed by atoms with van der Waals surface area (Å²) in [6.45, 7) is 5.42. The molecule has 30 heavy (non-hydrogen) atoms. The first-order valence-electron chi connectivity index (χ1n) is 10.4. The summed E-state index contributed by atoms with van der Waals surface area (Å²) >= 11 is 0. The first-order valence-corrected chi connectivity index (χ1v) is 10.4. The van der Waals surface area contributed by atoms with Gasteiger partial charge in [0.25, 0.3) is 0 Å². The second-order valence-corrected chi connectivity index (χ2v) is 7.81. The van der Waals surface area contributed by atoms with Crippen molar-refractivity contribution in [3.8, 4) is 0 Å². The molecule has 4 rings (SSSR count). The Bertz CT molecular complexity index is 1080. The van der Waals surface area contributed by atoms with Crippen LogP contribution in [0.15, 0.2) is 97.2 Å². The molecule has 0 radical (unpaired) electrons. The van der Waals surface area contributed by atoms with Crippen LogP contribution < -0.4 is 0 Å². The van der Waals surface area contributed by atoms with Gasteiger partial charge >= 0.3 is 0 Å². The molecule has 0 fully saturated rings. The number of nitrogens with zero attached hydrogens (tertiary/aromatic N) is 2. The van der Waals surface area contributed by atoms with E-state index in [1.54, 1.807) is 12.1 Å². The summed E-state index contributed by atoms with van der Waals surface area (Å²) in [6, 6.07) is 30.2. The molecule has 0 unspecified atom stereocenters. The monoisotopic (exact) mass is 398 g/mol. The van der Waals surface area contributed by atoms with Gasteiger partial charge in [-0.3, -0.25) is 4.90 Å². The van der Waals surface area contributed by atoms with Crippen molar-refractivity contribution in [3.63, 3.8) is 0 Å². The van der Waals surface area contributed by atoms with E-state index in [2.05, 4.69) is 89.3 Å². The molecule has 0 aliphatic rings. The molecule has 1 aromatic heterocycles. The molecule has 4 aromatic rings. The largest absolute Gasteiger partial charge is 0.346 e. The topological polar surface area (TPSA) is 8.17 Å². The smallest absolute Gasteiger partial charge is 0.123 e. The highest BCUT2D eigenvalue weighted by atomic mass is 19.1. The van der Waals surface area contributed by atoms with Gasteiger partial charge in [-0.25, -0.2) is 4.39 Å². The minimum Gasteiger partial charge on any atom is -0.346 e. The summed E-state index contributed by atoms with van der Waals surface area (Å²) in [5.41, 5.74) is 6.15. The van der Waals surface area contributed by atoms with Crippen molar-refractivity contribution in [3.05, 3.63) is 131 Å². The second kappa shape index (κ2) is 9.55. The molecule has 0 spiro atoms. The van der Waals surface area contributed by atoms with E-state index in [1.165, 1.54) is 28.5 Å². The zero-order valence-electron chi connectivity index (χ0n) is 17.3.